The molecule has 0 N–H and O–H groups in total. The molecule has 0 saturated heterocycles. The van der Waals surface area contributed by atoms with Crippen molar-refractivity contribution in [2.75, 3.05) is 14.2 Å². The SMILES string of the molecule is CCn1c(Cc2ccc(OC)c(OC)c2)nnc1SCc1nnc(-c2ccc(Cl)cc2Cl)o1. The first-order valence-electron chi connectivity index (χ1n) is 10.1. The second-order valence-electron chi connectivity index (χ2n) is 6.92. The second-order valence-corrected chi connectivity index (χ2v) is 8.71. The normalized spacial score (nSPS) is 11.1. The number of hydrogen-bond donors (Lipinski definition) is 0. The van der Waals surface area contributed by atoms with Gasteiger partial charge in [0, 0.05) is 18.0 Å². The highest BCUT2D eigenvalue weighted by Gasteiger charge is 2.16. The van der Waals surface area contributed by atoms with Crippen LogP contribution in [0.3, 0.4) is 0 Å². The van der Waals surface area contributed by atoms with Gasteiger partial charge in [-0.2, -0.15) is 0 Å². The molecule has 11 heteroatoms. The summed E-state index contributed by atoms with van der Waals surface area (Å²) in [6.07, 6.45) is 0.613. The van der Waals surface area contributed by atoms with Crippen molar-refractivity contribution in [1.82, 2.24) is 25.0 Å². The van der Waals surface area contributed by atoms with Gasteiger partial charge in [0.1, 0.15) is 5.82 Å². The Morgan fingerprint density at radius 1 is 0.970 bits per heavy atom. The summed E-state index contributed by atoms with van der Waals surface area (Å²) >= 11 is 13.7. The molecule has 0 saturated carbocycles. The summed E-state index contributed by atoms with van der Waals surface area (Å²) in [7, 11) is 3.24. The molecule has 8 nitrogen and oxygen atoms in total. The van der Waals surface area contributed by atoms with Crippen LogP contribution in [0.15, 0.2) is 46.0 Å². The molecule has 0 spiro atoms. The number of nitrogens with zero attached hydrogens (tertiary/aromatic N) is 5. The molecule has 172 valence electrons. The van der Waals surface area contributed by atoms with Gasteiger partial charge >= 0.3 is 0 Å². The van der Waals surface area contributed by atoms with E-state index in [1.165, 1.54) is 11.8 Å². The summed E-state index contributed by atoms with van der Waals surface area (Å²) < 4.78 is 18.6. The van der Waals surface area contributed by atoms with Gasteiger partial charge in [-0.25, -0.2) is 0 Å². The molecule has 0 amide bonds. The Balaban J connectivity index is 1.46. The van der Waals surface area contributed by atoms with Crippen molar-refractivity contribution in [2.45, 2.75) is 30.8 Å². The number of hydrogen-bond acceptors (Lipinski definition) is 8. The lowest BCUT2D eigenvalue weighted by Gasteiger charge is -2.10. The van der Waals surface area contributed by atoms with Crippen LogP contribution in [0.4, 0.5) is 0 Å². The second kappa shape index (κ2) is 10.5. The maximum Gasteiger partial charge on any atom is 0.249 e. The molecule has 0 aliphatic rings. The van der Waals surface area contributed by atoms with Crippen molar-refractivity contribution >= 4 is 35.0 Å². The molecule has 0 fully saturated rings. The minimum absolute atomic E-state index is 0.346. The van der Waals surface area contributed by atoms with Crippen molar-refractivity contribution in [3.63, 3.8) is 0 Å². The number of ether oxygens (including phenoxy) is 2. The van der Waals surface area contributed by atoms with Gasteiger partial charge in [-0.15, -0.1) is 20.4 Å². The zero-order valence-corrected chi connectivity index (χ0v) is 20.5. The third-order valence-corrected chi connectivity index (χ3v) is 6.37. The Morgan fingerprint density at radius 3 is 2.52 bits per heavy atom. The predicted octanol–water partition coefficient (Wildman–Crippen LogP) is 5.56. The van der Waals surface area contributed by atoms with E-state index in [2.05, 4.69) is 31.9 Å². The Labute approximate surface area is 205 Å². The molecule has 0 aliphatic carbocycles. The average Bonchev–Trinajstić information content (AvgIpc) is 3.44. The van der Waals surface area contributed by atoms with E-state index in [4.69, 9.17) is 37.1 Å². The number of rotatable bonds is 9. The van der Waals surface area contributed by atoms with Crippen LogP contribution in [0.1, 0.15) is 24.2 Å². The molecule has 0 aliphatic heterocycles. The van der Waals surface area contributed by atoms with E-state index in [1.54, 1.807) is 32.4 Å². The van der Waals surface area contributed by atoms with Gasteiger partial charge in [0.15, 0.2) is 16.7 Å². The van der Waals surface area contributed by atoms with E-state index < -0.39 is 0 Å². The molecule has 0 bridgehead atoms. The van der Waals surface area contributed by atoms with Gasteiger partial charge < -0.3 is 18.5 Å². The lowest BCUT2D eigenvalue weighted by atomic mass is 10.1. The maximum absolute atomic E-state index is 6.24. The number of methoxy groups -OCH3 is 2. The predicted molar refractivity (Wildman–Crippen MR) is 127 cm³/mol. The van der Waals surface area contributed by atoms with E-state index in [0.717, 1.165) is 23.1 Å². The summed E-state index contributed by atoms with van der Waals surface area (Å²) in [5.41, 5.74) is 1.69. The summed E-state index contributed by atoms with van der Waals surface area (Å²) in [6, 6.07) is 10.9. The molecule has 0 radical (unpaired) electrons. The minimum Gasteiger partial charge on any atom is -0.493 e. The Hall–Kier alpha value is -2.75. The third-order valence-electron chi connectivity index (χ3n) is 4.87. The molecule has 33 heavy (non-hydrogen) atoms. The minimum atomic E-state index is 0.346. The van der Waals surface area contributed by atoms with Crippen LogP contribution in [0.5, 0.6) is 11.5 Å². The fourth-order valence-electron chi connectivity index (χ4n) is 3.26. The zero-order chi connectivity index (χ0) is 23.4. The Bertz CT molecular complexity index is 1260. The molecule has 4 aromatic rings. The van der Waals surface area contributed by atoms with Gasteiger partial charge in [0.25, 0.3) is 0 Å². The molecular formula is C22H21Cl2N5O3S. The highest BCUT2D eigenvalue weighted by atomic mass is 35.5. The number of aromatic nitrogens is 5. The molecule has 2 aromatic carbocycles. The summed E-state index contributed by atoms with van der Waals surface area (Å²) in [5, 5.41) is 18.7. The van der Waals surface area contributed by atoms with Crippen LogP contribution in [-0.4, -0.2) is 39.2 Å². The molecule has 4 rings (SSSR count). The van der Waals surface area contributed by atoms with E-state index in [1.807, 2.05) is 18.2 Å². The summed E-state index contributed by atoms with van der Waals surface area (Å²) in [4.78, 5) is 0. The van der Waals surface area contributed by atoms with Crippen molar-refractivity contribution in [3.8, 4) is 23.0 Å². The first-order valence-corrected chi connectivity index (χ1v) is 11.8. The van der Waals surface area contributed by atoms with Crippen LogP contribution in [0.25, 0.3) is 11.5 Å². The van der Waals surface area contributed by atoms with Gasteiger partial charge in [0.2, 0.25) is 11.8 Å². The van der Waals surface area contributed by atoms with E-state index in [0.29, 0.717) is 51.1 Å². The molecule has 2 aromatic heterocycles. The highest BCUT2D eigenvalue weighted by Crippen LogP contribution is 2.31. The van der Waals surface area contributed by atoms with Crippen LogP contribution < -0.4 is 9.47 Å². The van der Waals surface area contributed by atoms with Crippen molar-refractivity contribution in [1.29, 1.82) is 0 Å². The lowest BCUT2D eigenvalue weighted by Crippen LogP contribution is -2.04. The van der Waals surface area contributed by atoms with Crippen LogP contribution in [0.2, 0.25) is 10.0 Å². The van der Waals surface area contributed by atoms with E-state index in [9.17, 15) is 0 Å². The van der Waals surface area contributed by atoms with Gasteiger partial charge in [0.05, 0.1) is 30.6 Å². The van der Waals surface area contributed by atoms with E-state index >= 15 is 0 Å². The molecule has 0 unspecified atom stereocenters. The van der Waals surface area contributed by atoms with Gasteiger partial charge in [-0.1, -0.05) is 41.0 Å². The topological polar surface area (TPSA) is 88.1 Å². The summed E-state index contributed by atoms with van der Waals surface area (Å²) in [5.74, 6) is 3.48. The first-order chi connectivity index (χ1) is 16.0. The number of thioether (sulfide) groups is 1. The Morgan fingerprint density at radius 2 is 1.79 bits per heavy atom. The fraction of sp³-hybridized carbons (Fsp3) is 0.273. The van der Waals surface area contributed by atoms with Crippen LogP contribution in [0, 0.1) is 0 Å². The van der Waals surface area contributed by atoms with Gasteiger partial charge in [-0.05, 0) is 42.8 Å². The van der Waals surface area contributed by atoms with Crippen molar-refractivity contribution < 1.29 is 13.9 Å². The third kappa shape index (κ3) is 5.26. The number of halogens is 2. The standard InChI is InChI=1S/C22H21Cl2N5O3S/c1-4-29-19(10-13-5-8-17(30-2)18(9-13)31-3)25-28-22(29)33-12-20-26-27-21(32-20)15-7-6-14(23)11-16(15)24/h5-9,11H,4,10,12H2,1-3H3. The average molecular weight is 506 g/mol. The van der Waals surface area contributed by atoms with E-state index in [-0.39, 0.29) is 0 Å². The largest absolute Gasteiger partial charge is 0.493 e. The smallest absolute Gasteiger partial charge is 0.249 e. The van der Waals surface area contributed by atoms with Crippen LogP contribution in [-0.2, 0) is 18.7 Å². The maximum atomic E-state index is 6.24. The van der Waals surface area contributed by atoms with Crippen molar-refractivity contribution in [3.05, 3.63) is 63.7 Å². The molecule has 2 heterocycles. The number of benzene rings is 2. The Kier molecular flexibility index (Phi) is 7.42. The summed E-state index contributed by atoms with van der Waals surface area (Å²) in [6.45, 7) is 2.78. The van der Waals surface area contributed by atoms with Crippen molar-refractivity contribution in [2.24, 2.45) is 0 Å². The van der Waals surface area contributed by atoms with Gasteiger partial charge in [-0.3, -0.25) is 0 Å². The highest BCUT2D eigenvalue weighted by molar-refractivity contribution is 7.98. The zero-order valence-electron chi connectivity index (χ0n) is 18.2. The van der Waals surface area contributed by atoms with Crippen LogP contribution >= 0.6 is 35.0 Å². The molecular weight excluding hydrogens is 485 g/mol. The quantitative estimate of drug-likeness (QED) is 0.273. The molecule has 0 atom stereocenters. The fourth-order valence-corrected chi connectivity index (χ4v) is 4.60. The lowest BCUT2D eigenvalue weighted by molar-refractivity contribution is 0.354. The monoisotopic (exact) mass is 505 g/mol. The first kappa shape index (κ1) is 23.4.